The van der Waals surface area contributed by atoms with E-state index in [1.54, 1.807) is 32.4 Å². The second-order valence-corrected chi connectivity index (χ2v) is 5.79. The molecule has 4 nitrogen and oxygen atoms in total. The van der Waals surface area contributed by atoms with E-state index in [1.165, 1.54) is 11.1 Å². The number of fused-ring (bicyclic) bond motifs is 1. The van der Waals surface area contributed by atoms with E-state index in [9.17, 15) is 4.79 Å². The molecule has 4 heteroatoms. The fraction of sp³-hybridized carbons (Fsp3) is 0.316. The Morgan fingerprint density at radius 3 is 2.39 bits per heavy atom. The van der Waals surface area contributed by atoms with E-state index in [2.05, 4.69) is 19.1 Å². The Labute approximate surface area is 136 Å². The molecule has 1 heterocycles. The Morgan fingerprint density at radius 1 is 1.04 bits per heavy atom. The molecular formula is C19H21NO3. The van der Waals surface area contributed by atoms with Gasteiger partial charge in [-0.05, 0) is 43.5 Å². The summed E-state index contributed by atoms with van der Waals surface area (Å²) >= 11 is 0. The van der Waals surface area contributed by atoms with E-state index in [-0.39, 0.29) is 5.91 Å². The number of rotatable bonds is 3. The number of aryl methyl sites for hydroxylation is 2. The van der Waals surface area contributed by atoms with Crippen molar-refractivity contribution in [2.45, 2.75) is 19.8 Å². The largest absolute Gasteiger partial charge is 0.497 e. The van der Waals surface area contributed by atoms with Gasteiger partial charge in [0, 0.05) is 23.9 Å². The predicted octanol–water partition coefficient (Wildman–Crippen LogP) is 3.61. The lowest BCUT2D eigenvalue weighted by Gasteiger charge is -2.30. The Kier molecular flexibility index (Phi) is 4.24. The molecule has 0 unspecified atom stereocenters. The summed E-state index contributed by atoms with van der Waals surface area (Å²) in [4.78, 5) is 14.9. The lowest BCUT2D eigenvalue weighted by molar-refractivity contribution is 0.0984. The maximum Gasteiger partial charge on any atom is 0.258 e. The number of carbonyl (C=O) groups is 1. The molecule has 0 N–H and O–H groups in total. The summed E-state index contributed by atoms with van der Waals surface area (Å²) in [5.41, 5.74) is 4.05. The van der Waals surface area contributed by atoms with Crippen LogP contribution in [0.2, 0.25) is 0 Å². The Morgan fingerprint density at radius 2 is 1.74 bits per heavy atom. The van der Waals surface area contributed by atoms with Crippen LogP contribution >= 0.6 is 0 Å². The minimum Gasteiger partial charge on any atom is -0.497 e. The number of methoxy groups -OCH3 is 2. The smallest absolute Gasteiger partial charge is 0.258 e. The first-order valence-corrected chi connectivity index (χ1v) is 7.77. The molecule has 0 aliphatic carbocycles. The summed E-state index contributed by atoms with van der Waals surface area (Å²) in [6.45, 7) is 2.81. The minimum atomic E-state index is -0.0213. The molecular weight excluding hydrogens is 290 g/mol. The van der Waals surface area contributed by atoms with Crippen molar-refractivity contribution < 1.29 is 14.3 Å². The molecule has 2 aromatic carbocycles. The monoisotopic (exact) mass is 311 g/mol. The normalized spacial score (nSPS) is 13.4. The molecule has 0 spiro atoms. The van der Waals surface area contributed by atoms with Gasteiger partial charge in [-0.2, -0.15) is 0 Å². The van der Waals surface area contributed by atoms with Crippen molar-refractivity contribution in [2.24, 2.45) is 0 Å². The second-order valence-electron chi connectivity index (χ2n) is 5.79. The van der Waals surface area contributed by atoms with E-state index >= 15 is 0 Å². The van der Waals surface area contributed by atoms with Crippen molar-refractivity contribution in [2.75, 3.05) is 25.7 Å². The summed E-state index contributed by atoms with van der Waals surface area (Å²) < 4.78 is 10.5. The minimum absolute atomic E-state index is 0.0213. The highest BCUT2D eigenvalue weighted by atomic mass is 16.5. The van der Waals surface area contributed by atoms with Crippen molar-refractivity contribution in [3.8, 4) is 11.5 Å². The predicted molar refractivity (Wildman–Crippen MR) is 90.7 cm³/mol. The highest BCUT2D eigenvalue weighted by molar-refractivity contribution is 6.07. The third kappa shape index (κ3) is 3.02. The van der Waals surface area contributed by atoms with Crippen molar-refractivity contribution >= 4 is 11.6 Å². The van der Waals surface area contributed by atoms with Gasteiger partial charge in [-0.1, -0.05) is 17.7 Å². The first-order valence-electron chi connectivity index (χ1n) is 7.77. The van der Waals surface area contributed by atoms with E-state index in [4.69, 9.17) is 9.47 Å². The molecule has 0 fully saturated rings. The highest BCUT2D eigenvalue weighted by Crippen LogP contribution is 2.31. The maximum atomic E-state index is 13.0. The number of hydrogen-bond acceptors (Lipinski definition) is 3. The number of anilines is 1. The molecule has 3 rings (SSSR count). The van der Waals surface area contributed by atoms with Gasteiger partial charge in [0.15, 0.2) is 0 Å². The third-order valence-corrected chi connectivity index (χ3v) is 4.20. The average Bonchev–Trinajstić information content (AvgIpc) is 2.59. The number of ether oxygens (including phenoxy) is 2. The standard InChI is InChI=1S/C19H21NO3/c1-13-6-7-18-14(9-13)5-4-8-20(18)19(21)15-10-16(22-2)12-17(11-15)23-3/h6-7,9-12H,4-5,8H2,1-3H3. The fourth-order valence-corrected chi connectivity index (χ4v) is 3.02. The third-order valence-electron chi connectivity index (χ3n) is 4.20. The van der Waals surface area contributed by atoms with Gasteiger partial charge >= 0.3 is 0 Å². The van der Waals surface area contributed by atoms with Crippen molar-refractivity contribution in [3.63, 3.8) is 0 Å². The van der Waals surface area contributed by atoms with Crippen LogP contribution in [-0.4, -0.2) is 26.7 Å². The van der Waals surface area contributed by atoms with Crippen LogP contribution in [0.25, 0.3) is 0 Å². The van der Waals surface area contributed by atoms with E-state index in [0.29, 0.717) is 17.1 Å². The van der Waals surface area contributed by atoms with Crippen LogP contribution in [0.1, 0.15) is 27.9 Å². The zero-order chi connectivity index (χ0) is 16.4. The lowest BCUT2D eigenvalue weighted by atomic mass is 9.98. The van der Waals surface area contributed by atoms with Gasteiger partial charge in [0.1, 0.15) is 11.5 Å². The Hall–Kier alpha value is -2.49. The fourth-order valence-electron chi connectivity index (χ4n) is 3.02. The van der Waals surface area contributed by atoms with Gasteiger partial charge in [-0.15, -0.1) is 0 Å². The van der Waals surface area contributed by atoms with Crippen LogP contribution in [0.15, 0.2) is 36.4 Å². The lowest BCUT2D eigenvalue weighted by Crippen LogP contribution is -2.35. The number of nitrogens with zero attached hydrogens (tertiary/aromatic N) is 1. The molecule has 0 saturated heterocycles. The van der Waals surface area contributed by atoms with Gasteiger partial charge in [0.05, 0.1) is 14.2 Å². The molecule has 120 valence electrons. The molecule has 0 aromatic heterocycles. The summed E-state index contributed by atoms with van der Waals surface area (Å²) in [5.74, 6) is 1.22. The van der Waals surface area contributed by atoms with E-state index < -0.39 is 0 Å². The van der Waals surface area contributed by atoms with E-state index in [1.807, 2.05) is 11.0 Å². The number of amides is 1. The summed E-state index contributed by atoms with van der Waals surface area (Å²) in [6, 6.07) is 11.5. The molecule has 0 saturated carbocycles. The summed E-state index contributed by atoms with van der Waals surface area (Å²) in [6.07, 6.45) is 1.99. The van der Waals surface area contributed by atoms with Gasteiger partial charge in [0.25, 0.3) is 5.91 Å². The summed E-state index contributed by atoms with van der Waals surface area (Å²) in [5, 5.41) is 0. The van der Waals surface area contributed by atoms with Crippen LogP contribution in [0.4, 0.5) is 5.69 Å². The first kappa shape index (κ1) is 15.4. The molecule has 0 radical (unpaired) electrons. The highest BCUT2D eigenvalue weighted by Gasteiger charge is 2.24. The molecule has 1 aliphatic rings. The zero-order valence-corrected chi connectivity index (χ0v) is 13.8. The maximum absolute atomic E-state index is 13.0. The van der Waals surface area contributed by atoms with Crippen LogP contribution in [-0.2, 0) is 6.42 Å². The van der Waals surface area contributed by atoms with Crippen LogP contribution < -0.4 is 14.4 Å². The van der Waals surface area contributed by atoms with Gasteiger partial charge in [-0.3, -0.25) is 4.79 Å². The van der Waals surface area contributed by atoms with Crippen molar-refractivity contribution in [1.82, 2.24) is 0 Å². The van der Waals surface area contributed by atoms with Crippen LogP contribution in [0.5, 0.6) is 11.5 Å². The summed E-state index contributed by atoms with van der Waals surface area (Å²) in [7, 11) is 3.17. The van der Waals surface area contributed by atoms with Crippen LogP contribution in [0.3, 0.4) is 0 Å². The topological polar surface area (TPSA) is 38.8 Å². The quantitative estimate of drug-likeness (QED) is 0.869. The average molecular weight is 311 g/mol. The molecule has 23 heavy (non-hydrogen) atoms. The first-order chi connectivity index (χ1) is 11.1. The SMILES string of the molecule is COc1cc(OC)cc(C(=O)N2CCCc3cc(C)ccc32)c1. The molecule has 1 amide bonds. The Bertz CT molecular complexity index is 717. The van der Waals surface area contributed by atoms with Crippen molar-refractivity contribution in [3.05, 3.63) is 53.1 Å². The molecule has 0 bridgehead atoms. The zero-order valence-electron chi connectivity index (χ0n) is 13.8. The second kappa shape index (κ2) is 6.32. The molecule has 1 aliphatic heterocycles. The molecule has 0 atom stereocenters. The van der Waals surface area contributed by atoms with Gasteiger partial charge in [0.2, 0.25) is 0 Å². The number of carbonyl (C=O) groups excluding carboxylic acids is 1. The number of benzene rings is 2. The van der Waals surface area contributed by atoms with E-state index in [0.717, 1.165) is 25.1 Å². The van der Waals surface area contributed by atoms with Gasteiger partial charge in [-0.25, -0.2) is 0 Å². The van der Waals surface area contributed by atoms with Crippen LogP contribution in [0, 0.1) is 6.92 Å². The molecule has 2 aromatic rings. The number of hydrogen-bond donors (Lipinski definition) is 0. The van der Waals surface area contributed by atoms with Gasteiger partial charge < -0.3 is 14.4 Å². The Balaban J connectivity index is 1.99. The van der Waals surface area contributed by atoms with Crippen molar-refractivity contribution in [1.29, 1.82) is 0 Å².